The fourth-order valence-electron chi connectivity index (χ4n) is 3.14. The quantitative estimate of drug-likeness (QED) is 0.650. The molecule has 0 aliphatic heterocycles. The summed E-state index contributed by atoms with van der Waals surface area (Å²) >= 11 is 0. The maximum atomic E-state index is 12.8. The number of carbonyl (C=O) groups excluding carboxylic acids is 1. The van der Waals surface area contributed by atoms with Gasteiger partial charge in [0.2, 0.25) is 0 Å². The average Bonchev–Trinajstić information content (AvgIpc) is 2.64. The van der Waals surface area contributed by atoms with E-state index in [9.17, 15) is 9.59 Å². The van der Waals surface area contributed by atoms with Gasteiger partial charge in [0.1, 0.15) is 11.4 Å². The molecule has 28 heavy (non-hydrogen) atoms. The minimum Gasteiger partial charge on any atom is -0.344 e. The van der Waals surface area contributed by atoms with Gasteiger partial charge in [-0.3, -0.25) is 9.59 Å². The van der Waals surface area contributed by atoms with Crippen molar-refractivity contribution in [3.8, 4) is 0 Å². The summed E-state index contributed by atoms with van der Waals surface area (Å²) in [5, 5.41) is 5.06. The van der Waals surface area contributed by atoms with E-state index in [1.807, 2.05) is 63.2 Å². The van der Waals surface area contributed by atoms with Crippen molar-refractivity contribution in [1.82, 2.24) is 15.3 Å². The molecular weight excluding hydrogens is 352 g/mol. The molecule has 1 atom stereocenters. The number of fused-ring (bicyclic) bond motifs is 1. The van der Waals surface area contributed by atoms with Crippen molar-refractivity contribution in [1.29, 1.82) is 0 Å². The van der Waals surface area contributed by atoms with E-state index < -0.39 is 17.5 Å². The number of benzene rings is 2. The smallest absolute Gasteiger partial charge is 0.264 e. The van der Waals surface area contributed by atoms with Crippen molar-refractivity contribution in [2.75, 3.05) is 6.54 Å². The first-order valence-corrected chi connectivity index (χ1v) is 9.31. The Morgan fingerprint density at radius 3 is 2.46 bits per heavy atom. The molecule has 3 aromatic rings. The van der Waals surface area contributed by atoms with Crippen LogP contribution in [0.5, 0.6) is 0 Å². The van der Waals surface area contributed by atoms with E-state index in [2.05, 4.69) is 15.3 Å². The first-order valence-electron chi connectivity index (χ1n) is 9.31. The Morgan fingerprint density at radius 2 is 1.86 bits per heavy atom. The fourth-order valence-corrected chi connectivity index (χ4v) is 3.14. The number of nitrogens with zero attached hydrogens (tertiary/aromatic N) is 1. The third-order valence-corrected chi connectivity index (χ3v) is 4.75. The molecule has 1 unspecified atom stereocenters. The molecule has 1 heterocycles. The lowest BCUT2D eigenvalue weighted by Gasteiger charge is -2.20. The number of aromatic amines is 1. The number of nitrogens with two attached hydrogens (primary N) is 1. The summed E-state index contributed by atoms with van der Waals surface area (Å²) in [5.41, 5.74) is 6.48. The van der Waals surface area contributed by atoms with Crippen molar-refractivity contribution in [2.45, 2.75) is 39.2 Å². The minimum atomic E-state index is -0.477. The van der Waals surface area contributed by atoms with Crippen LogP contribution in [-0.2, 0) is 5.41 Å². The molecule has 6 heteroatoms. The van der Waals surface area contributed by atoms with Crippen LogP contribution in [0.4, 0.5) is 0 Å². The SMILES string of the molecule is Cc1nc(C(C)(C)C)[nH]c(=O)c1C(=O)NC(CN)c1ccc2ccccc2c1. The second-order valence-corrected chi connectivity index (χ2v) is 7.99. The number of nitrogens with one attached hydrogen (secondary N) is 2. The van der Waals surface area contributed by atoms with Crippen LogP contribution in [-0.4, -0.2) is 22.4 Å². The Hall–Kier alpha value is -2.99. The van der Waals surface area contributed by atoms with E-state index in [1.165, 1.54) is 0 Å². The van der Waals surface area contributed by atoms with Crippen molar-refractivity contribution in [2.24, 2.45) is 5.73 Å². The van der Waals surface area contributed by atoms with Gasteiger partial charge in [0.05, 0.1) is 11.7 Å². The molecule has 0 aliphatic carbocycles. The minimum absolute atomic E-state index is 0.0206. The third-order valence-electron chi connectivity index (χ3n) is 4.75. The number of carbonyl (C=O) groups is 1. The van der Waals surface area contributed by atoms with Crippen LogP contribution in [0, 0.1) is 6.92 Å². The van der Waals surface area contributed by atoms with Crippen molar-refractivity contribution < 1.29 is 4.79 Å². The Balaban J connectivity index is 1.91. The molecule has 0 saturated heterocycles. The highest BCUT2D eigenvalue weighted by Gasteiger charge is 2.23. The molecule has 2 aromatic carbocycles. The topological polar surface area (TPSA) is 101 Å². The highest BCUT2D eigenvalue weighted by Crippen LogP contribution is 2.21. The maximum absolute atomic E-state index is 12.8. The molecule has 1 amide bonds. The molecule has 0 bridgehead atoms. The highest BCUT2D eigenvalue weighted by atomic mass is 16.2. The standard InChI is InChI=1S/C22H26N4O2/c1-13-18(20(28)26-21(24-13)22(2,3)4)19(27)25-17(12-23)16-10-9-14-7-5-6-8-15(14)11-16/h5-11,17H,12,23H2,1-4H3,(H,25,27)(H,24,26,28). The van der Waals surface area contributed by atoms with Crippen LogP contribution >= 0.6 is 0 Å². The molecule has 0 radical (unpaired) electrons. The van der Waals surface area contributed by atoms with Gasteiger partial charge in [-0.15, -0.1) is 0 Å². The fraction of sp³-hybridized carbons (Fsp3) is 0.318. The molecular formula is C22H26N4O2. The lowest BCUT2D eigenvalue weighted by Crippen LogP contribution is -2.38. The van der Waals surface area contributed by atoms with Gasteiger partial charge >= 0.3 is 0 Å². The second kappa shape index (κ2) is 7.56. The number of H-pyrrole nitrogens is 1. The van der Waals surface area contributed by atoms with Crippen molar-refractivity contribution in [3.63, 3.8) is 0 Å². The van der Waals surface area contributed by atoms with E-state index in [0.29, 0.717) is 11.5 Å². The van der Waals surface area contributed by atoms with Crippen LogP contribution in [0.2, 0.25) is 0 Å². The molecule has 4 N–H and O–H groups in total. The van der Waals surface area contributed by atoms with Crippen LogP contribution in [0.15, 0.2) is 47.3 Å². The third kappa shape index (κ3) is 3.97. The first-order chi connectivity index (χ1) is 13.2. The van der Waals surface area contributed by atoms with Gasteiger partial charge in [0.15, 0.2) is 0 Å². The summed E-state index contributed by atoms with van der Waals surface area (Å²) in [4.78, 5) is 32.5. The Labute approximate surface area is 164 Å². The van der Waals surface area contributed by atoms with Gasteiger partial charge in [-0.25, -0.2) is 4.98 Å². The molecule has 146 valence electrons. The normalized spacial score (nSPS) is 12.8. The van der Waals surface area contributed by atoms with Gasteiger partial charge in [0, 0.05) is 12.0 Å². The summed E-state index contributed by atoms with van der Waals surface area (Å²) in [5.74, 6) is 0.0757. The zero-order chi connectivity index (χ0) is 20.5. The van der Waals surface area contributed by atoms with E-state index in [0.717, 1.165) is 16.3 Å². The van der Waals surface area contributed by atoms with Crippen LogP contribution < -0.4 is 16.6 Å². The van der Waals surface area contributed by atoms with Gasteiger partial charge in [-0.1, -0.05) is 57.2 Å². The summed E-state index contributed by atoms with van der Waals surface area (Å²) in [6.07, 6.45) is 0. The van der Waals surface area contributed by atoms with Crippen LogP contribution in [0.25, 0.3) is 10.8 Å². The van der Waals surface area contributed by atoms with Crippen LogP contribution in [0.1, 0.15) is 54.3 Å². The van der Waals surface area contributed by atoms with Crippen LogP contribution in [0.3, 0.4) is 0 Å². The van der Waals surface area contributed by atoms with Crippen molar-refractivity contribution in [3.05, 3.63) is 75.5 Å². The largest absolute Gasteiger partial charge is 0.344 e. The van der Waals surface area contributed by atoms with Crippen molar-refractivity contribution >= 4 is 16.7 Å². The number of hydrogen-bond donors (Lipinski definition) is 3. The number of aryl methyl sites for hydroxylation is 1. The van der Waals surface area contributed by atoms with E-state index in [-0.39, 0.29) is 17.5 Å². The predicted octanol–water partition coefficient (Wildman–Crippen LogP) is 2.96. The number of aromatic nitrogens is 2. The van der Waals surface area contributed by atoms with Gasteiger partial charge < -0.3 is 16.0 Å². The predicted molar refractivity (Wildman–Crippen MR) is 112 cm³/mol. The molecule has 0 saturated carbocycles. The summed E-state index contributed by atoms with van der Waals surface area (Å²) in [6.45, 7) is 7.75. The van der Waals surface area contributed by atoms with E-state index in [1.54, 1.807) is 6.92 Å². The number of rotatable bonds is 4. The summed E-state index contributed by atoms with van der Waals surface area (Å²) in [7, 11) is 0. The molecule has 0 spiro atoms. The number of hydrogen-bond acceptors (Lipinski definition) is 4. The van der Waals surface area contributed by atoms with E-state index in [4.69, 9.17) is 5.73 Å². The van der Waals surface area contributed by atoms with Gasteiger partial charge in [-0.05, 0) is 29.3 Å². The lowest BCUT2D eigenvalue weighted by atomic mass is 9.95. The van der Waals surface area contributed by atoms with Gasteiger partial charge in [0.25, 0.3) is 11.5 Å². The summed E-state index contributed by atoms with van der Waals surface area (Å²) in [6, 6.07) is 13.5. The van der Waals surface area contributed by atoms with E-state index >= 15 is 0 Å². The average molecular weight is 378 g/mol. The molecule has 0 fully saturated rings. The number of amides is 1. The molecule has 1 aromatic heterocycles. The highest BCUT2D eigenvalue weighted by molar-refractivity contribution is 5.95. The zero-order valence-corrected chi connectivity index (χ0v) is 16.7. The second-order valence-electron chi connectivity index (χ2n) is 7.99. The maximum Gasteiger partial charge on any atom is 0.264 e. The van der Waals surface area contributed by atoms with Gasteiger partial charge in [-0.2, -0.15) is 0 Å². The zero-order valence-electron chi connectivity index (χ0n) is 16.7. The Kier molecular flexibility index (Phi) is 5.34. The monoisotopic (exact) mass is 378 g/mol. The molecule has 6 nitrogen and oxygen atoms in total. The first kappa shape index (κ1) is 19.8. The Morgan fingerprint density at radius 1 is 1.18 bits per heavy atom. The summed E-state index contributed by atoms with van der Waals surface area (Å²) < 4.78 is 0. The lowest BCUT2D eigenvalue weighted by molar-refractivity contribution is 0.0935. The molecule has 3 rings (SSSR count). The molecule has 0 aliphatic rings. The Bertz CT molecular complexity index is 1080.